The van der Waals surface area contributed by atoms with Crippen LogP contribution in [0, 0.1) is 10.1 Å². The van der Waals surface area contributed by atoms with Crippen LogP contribution < -0.4 is 9.04 Å². The lowest BCUT2D eigenvalue weighted by molar-refractivity contribution is -0.385. The minimum atomic E-state index is -3.98. The zero-order valence-corrected chi connectivity index (χ0v) is 13.2. The lowest BCUT2D eigenvalue weighted by Gasteiger charge is -2.21. The first-order chi connectivity index (χ1) is 10.9. The minimum Gasteiger partial charge on any atom is -0.490 e. The molecule has 9 heteroatoms. The van der Waals surface area contributed by atoms with Crippen molar-refractivity contribution < 1.29 is 18.1 Å². The molecule has 0 fully saturated rings. The number of nitro groups is 1. The summed E-state index contributed by atoms with van der Waals surface area (Å²) in [6, 6.07) is 9.82. The topological polar surface area (TPSA) is 89.8 Å². The number of anilines is 1. The van der Waals surface area contributed by atoms with Crippen LogP contribution in [-0.2, 0) is 10.0 Å². The lowest BCUT2D eigenvalue weighted by atomic mass is 10.3. The van der Waals surface area contributed by atoms with E-state index in [2.05, 4.69) is 0 Å². The standard InChI is InChI=1S/C14H11ClN2O5S/c15-10-1-3-11(4-2-10)16-7-8-22-13-6-5-12(17(18)19)9-14(13)23(16,20)21/h1-6,9H,7-8H2. The molecule has 0 N–H and O–H groups in total. The Labute approximate surface area is 137 Å². The van der Waals surface area contributed by atoms with Crippen LogP contribution in [-0.4, -0.2) is 26.5 Å². The highest BCUT2D eigenvalue weighted by molar-refractivity contribution is 7.93. The van der Waals surface area contributed by atoms with Gasteiger partial charge in [-0.15, -0.1) is 0 Å². The normalized spacial score (nSPS) is 16.1. The van der Waals surface area contributed by atoms with E-state index in [1.165, 1.54) is 12.1 Å². The van der Waals surface area contributed by atoms with Crippen LogP contribution in [0.15, 0.2) is 47.4 Å². The van der Waals surface area contributed by atoms with E-state index in [9.17, 15) is 18.5 Å². The molecule has 7 nitrogen and oxygen atoms in total. The van der Waals surface area contributed by atoms with E-state index in [4.69, 9.17) is 16.3 Å². The number of ether oxygens (including phenoxy) is 1. The summed E-state index contributed by atoms with van der Waals surface area (Å²) in [5, 5.41) is 11.4. The summed E-state index contributed by atoms with van der Waals surface area (Å²) in [6.45, 7) is 0.221. The fourth-order valence-corrected chi connectivity index (χ4v) is 4.01. The zero-order chi connectivity index (χ0) is 16.6. The van der Waals surface area contributed by atoms with Crippen molar-refractivity contribution in [3.8, 4) is 5.75 Å². The number of nitrogens with zero attached hydrogens (tertiary/aromatic N) is 2. The van der Waals surface area contributed by atoms with E-state index < -0.39 is 14.9 Å². The second-order valence-corrected chi connectivity index (χ2v) is 7.06. The predicted molar refractivity (Wildman–Crippen MR) is 84.6 cm³/mol. The van der Waals surface area contributed by atoms with Crippen molar-refractivity contribution in [2.24, 2.45) is 0 Å². The summed E-state index contributed by atoms with van der Waals surface area (Å²) in [5.41, 5.74) is 0.103. The molecule has 2 aromatic rings. The first kappa shape index (κ1) is 15.6. The summed E-state index contributed by atoms with van der Waals surface area (Å²) in [5.74, 6) is 0.104. The zero-order valence-electron chi connectivity index (χ0n) is 11.7. The molecule has 0 amide bonds. The molecule has 2 aromatic carbocycles. The van der Waals surface area contributed by atoms with E-state index in [0.29, 0.717) is 10.7 Å². The number of fused-ring (bicyclic) bond motifs is 1. The quantitative estimate of drug-likeness (QED) is 0.611. The third-order valence-electron chi connectivity index (χ3n) is 3.37. The maximum absolute atomic E-state index is 12.9. The number of non-ortho nitro benzene ring substituents is 1. The third-order valence-corrected chi connectivity index (χ3v) is 5.47. The Morgan fingerprint density at radius 3 is 2.52 bits per heavy atom. The molecular formula is C14H11ClN2O5S. The van der Waals surface area contributed by atoms with Crippen molar-refractivity contribution >= 4 is 33.0 Å². The fourth-order valence-electron chi connectivity index (χ4n) is 2.28. The van der Waals surface area contributed by atoms with Gasteiger partial charge >= 0.3 is 0 Å². The summed E-state index contributed by atoms with van der Waals surface area (Å²) in [4.78, 5) is 10.0. The summed E-state index contributed by atoms with van der Waals surface area (Å²) in [6.07, 6.45) is 0. The Balaban J connectivity index is 2.14. The molecule has 0 aromatic heterocycles. The van der Waals surface area contributed by atoms with Gasteiger partial charge in [-0.05, 0) is 30.3 Å². The van der Waals surface area contributed by atoms with E-state index in [0.717, 1.165) is 10.4 Å². The predicted octanol–water partition coefficient (Wildman–Crippen LogP) is 2.84. The molecule has 1 aliphatic rings. The molecule has 3 rings (SSSR count). The molecule has 1 aliphatic heterocycles. The number of sulfonamides is 1. The van der Waals surface area contributed by atoms with Gasteiger partial charge in [-0.3, -0.25) is 14.4 Å². The maximum Gasteiger partial charge on any atom is 0.271 e. The van der Waals surface area contributed by atoms with Gasteiger partial charge in [0.1, 0.15) is 17.3 Å². The van der Waals surface area contributed by atoms with E-state index in [1.807, 2.05) is 0 Å². The molecule has 0 atom stereocenters. The van der Waals surface area contributed by atoms with Gasteiger partial charge in [-0.2, -0.15) is 0 Å². The van der Waals surface area contributed by atoms with Gasteiger partial charge in [0.2, 0.25) is 0 Å². The van der Waals surface area contributed by atoms with Crippen LogP contribution in [0.2, 0.25) is 5.02 Å². The summed E-state index contributed by atoms with van der Waals surface area (Å²) in [7, 11) is -3.98. The number of rotatable bonds is 2. The highest BCUT2D eigenvalue weighted by Gasteiger charge is 2.32. The highest BCUT2D eigenvalue weighted by atomic mass is 35.5. The second-order valence-electron chi connectivity index (χ2n) is 4.79. The molecule has 1 heterocycles. The largest absolute Gasteiger partial charge is 0.490 e. The summed E-state index contributed by atoms with van der Waals surface area (Å²) < 4.78 is 32.3. The molecule has 23 heavy (non-hydrogen) atoms. The average Bonchev–Trinajstić information content (AvgIpc) is 2.64. The molecule has 0 spiro atoms. The smallest absolute Gasteiger partial charge is 0.271 e. The molecule has 120 valence electrons. The van der Waals surface area contributed by atoms with Crippen molar-refractivity contribution in [1.82, 2.24) is 0 Å². The SMILES string of the molecule is O=[N+]([O-])c1ccc2c(c1)S(=O)(=O)N(c1ccc(Cl)cc1)CCO2. The Hall–Kier alpha value is -2.32. The van der Waals surface area contributed by atoms with Crippen LogP contribution in [0.4, 0.5) is 11.4 Å². The van der Waals surface area contributed by atoms with Gasteiger partial charge in [0.15, 0.2) is 0 Å². The van der Waals surface area contributed by atoms with Gasteiger partial charge in [0, 0.05) is 17.2 Å². The minimum absolute atomic E-state index is 0.0897. The monoisotopic (exact) mass is 354 g/mol. The van der Waals surface area contributed by atoms with Crippen LogP contribution in [0.3, 0.4) is 0 Å². The van der Waals surface area contributed by atoms with Crippen molar-refractivity contribution in [3.63, 3.8) is 0 Å². The number of benzene rings is 2. The first-order valence-corrected chi connectivity index (χ1v) is 8.41. The van der Waals surface area contributed by atoms with Gasteiger partial charge in [-0.25, -0.2) is 8.42 Å². The molecule has 0 radical (unpaired) electrons. The number of hydrogen-bond donors (Lipinski definition) is 0. The van der Waals surface area contributed by atoms with Gasteiger partial charge in [0.25, 0.3) is 15.7 Å². The van der Waals surface area contributed by atoms with Crippen LogP contribution in [0.25, 0.3) is 0 Å². The van der Waals surface area contributed by atoms with Crippen molar-refractivity contribution in [2.45, 2.75) is 4.90 Å². The Bertz CT molecular complexity index is 867. The van der Waals surface area contributed by atoms with E-state index >= 15 is 0 Å². The number of halogens is 1. The highest BCUT2D eigenvalue weighted by Crippen LogP contribution is 2.35. The Morgan fingerprint density at radius 1 is 1.17 bits per heavy atom. The number of hydrogen-bond acceptors (Lipinski definition) is 5. The lowest BCUT2D eigenvalue weighted by Crippen LogP contribution is -2.32. The van der Waals surface area contributed by atoms with Crippen LogP contribution >= 0.6 is 11.6 Å². The van der Waals surface area contributed by atoms with Crippen molar-refractivity contribution in [1.29, 1.82) is 0 Å². The maximum atomic E-state index is 12.9. The first-order valence-electron chi connectivity index (χ1n) is 6.59. The Morgan fingerprint density at radius 2 is 1.87 bits per heavy atom. The number of nitro benzene ring substituents is 1. The van der Waals surface area contributed by atoms with E-state index in [-0.39, 0.29) is 29.5 Å². The average molecular weight is 355 g/mol. The Kier molecular flexibility index (Phi) is 3.87. The fraction of sp³-hybridized carbons (Fsp3) is 0.143. The van der Waals surface area contributed by atoms with Crippen molar-refractivity contribution in [2.75, 3.05) is 17.5 Å². The van der Waals surface area contributed by atoms with Gasteiger partial charge in [-0.1, -0.05) is 11.6 Å². The molecule has 0 saturated heterocycles. The van der Waals surface area contributed by atoms with Gasteiger partial charge in [0.05, 0.1) is 17.2 Å². The van der Waals surface area contributed by atoms with Crippen LogP contribution in [0.5, 0.6) is 5.75 Å². The van der Waals surface area contributed by atoms with Gasteiger partial charge < -0.3 is 4.74 Å². The molecule has 0 aliphatic carbocycles. The second kappa shape index (κ2) is 5.71. The van der Waals surface area contributed by atoms with Crippen molar-refractivity contribution in [3.05, 3.63) is 57.6 Å². The van der Waals surface area contributed by atoms with E-state index in [1.54, 1.807) is 24.3 Å². The molecule has 0 saturated carbocycles. The molecule has 0 bridgehead atoms. The third kappa shape index (κ3) is 2.82. The van der Waals surface area contributed by atoms with Crippen LogP contribution in [0.1, 0.15) is 0 Å². The molecular weight excluding hydrogens is 344 g/mol. The molecule has 0 unspecified atom stereocenters. The summed E-state index contributed by atoms with van der Waals surface area (Å²) >= 11 is 5.82.